The number of hydrogen-bond donors (Lipinski definition) is 3. The number of nitrogens with zero attached hydrogens (tertiary/aromatic N) is 3. The second-order valence-electron chi connectivity index (χ2n) is 6.52. The molecule has 1 fully saturated rings. The molecule has 138 valence electrons. The highest BCUT2D eigenvalue weighted by atomic mass is 16.2. The Hall–Kier alpha value is -3.42. The van der Waals surface area contributed by atoms with E-state index >= 15 is 0 Å². The molecule has 0 aliphatic carbocycles. The van der Waals surface area contributed by atoms with Gasteiger partial charge in [-0.3, -0.25) is 9.78 Å². The van der Waals surface area contributed by atoms with E-state index in [4.69, 9.17) is 0 Å². The van der Waals surface area contributed by atoms with Crippen molar-refractivity contribution in [2.75, 3.05) is 18.4 Å². The Bertz CT molecular complexity index is 1070. The number of allylic oxidation sites excluding steroid dienone is 1. The second-order valence-corrected chi connectivity index (χ2v) is 6.52. The molecule has 27 heavy (non-hydrogen) atoms. The number of likely N-dealkylation sites (tertiary alicyclic amines) is 1. The fraction of sp³-hybridized carbons (Fsp3) is 0.263. The van der Waals surface area contributed by atoms with Gasteiger partial charge >= 0.3 is 5.69 Å². The zero-order chi connectivity index (χ0) is 18.8. The van der Waals surface area contributed by atoms with Gasteiger partial charge in [-0.2, -0.15) is 5.10 Å². The second kappa shape index (κ2) is 7.06. The van der Waals surface area contributed by atoms with Crippen LogP contribution in [0.4, 0.5) is 5.82 Å². The number of benzene rings is 1. The molecule has 1 unspecified atom stereocenters. The lowest BCUT2D eigenvalue weighted by molar-refractivity contribution is -0.125. The largest absolute Gasteiger partial charge is 0.365 e. The lowest BCUT2D eigenvalue weighted by Gasteiger charge is -2.17. The monoisotopic (exact) mass is 364 g/mol. The van der Waals surface area contributed by atoms with E-state index in [9.17, 15) is 9.59 Å². The van der Waals surface area contributed by atoms with Crippen LogP contribution in [0.15, 0.2) is 47.3 Å². The lowest BCUT2D eigenvalue weighted by atomic mass is 10.1. The van der Waals surface area contributed by atoms with E-state index in [1.807, 2.05) is 42.2 Å². The van der Waals surface area contributed by atoms with Crippen LogP contribution in [0.1, 0.15) is 13.3 Å². The maximum atomic E-state index is 12.0. The van der Waals surface area contributed by atoms with Crippen molar-refractivity contribution < 1.29 is 4.79 Å². The average Bonchev–Trinajstić information content (AvgIpc) is 3.31. The number of H-pyrrole nitrogens is 2. The van der Waals surface area contributed by atoms with Crippen molar-refractivity contribution in [3.05, 3.63) is 53.0 Å². The van der Waals surface area contributed by atoms with Crippen LogP contribution in [0.25, 0.3) is 22.3 Å². The molecule has 8 heteroatoms. The van der Waals surface area contributed by atoms with Crippen LogP contribution in [0.3, 0.4) is 0 Å². The molecule has 0 saturated carbocycles. The molecule has 1 saturated heterocycles. The number of hydrogen-bond acceptors (Lipinski definition) is 5. The third-order valence-corrected chi connectivity index (χ3v) is 4.63. The minimum atomic E-state index is -0.372. The number of anilines is 1. The zero-order valence-corrected chi connectivity index (χ0v) is 14.9. The van der Waals surface area contributed by atoms with Gasteiger partial charge in [0.2, 0.25) is 5.91 Å². The molecule has 0 bridgehead atoms. The zero-order valence-electron chi connectivity index (χ0n) is 14.9. The molecule has 3 N–H and O–H groups in total. The first kappa shape index (κ1) is 17.0. The highest BCUT2D eigenvalue weighted by Gasteiger charge is 2.25. The molecule has 8 nitrogen and oxygen atoms in total. The standard InChI is InChI=1S/C19H20N6O2/c1-2-5-16(26)25-9-8-13(11-25)20-17-14-7-4-3-6-12(14)10-15(21-17)18-22-19(27)24-23-18/h2-7,10,13H,8-9,11H2,1H3,(H,20,21)(H2,22,23,24,27)/b5-2+. The molecule has 1 amide bonds. The third kappa shape index (κ3) is 3.46. The van der Waals surface area contributed by atoms with Crippen LogP contribution in [0.2, 0.25) is 0 Å². The van der Waals surface area contributed by atoms with Crippen LogP contribution >= 0.6 is 0 Å². The summed E-state index contributed by atoms with van der Waals surface area (Å²) in [7, 11) is 0. The normalized spacial score (nSPS) is 17.1. The van der Waals surface area contributed by atoms with Crippen molar-refractivity contribution in [2.45, 2.75) is 19.4 Å². The van der Waals surface area contributed by atoms with Gasteiger partial charge in [-0.05, 0) is 30.9 Å². The molecule has 0 radical (unpaired) electrons. The summed E-state index contributed by atoms with van der Waals surface area (Å²) < 4.78 is 0. The van der Waals surface area contributed by atoms with Gasteiger partial charge in [0.15, 0.2) is 5.82 Å². The molecule has 1 aliphatic rings. The Morgan fingerprint density at radius 3 is 3.00 bits per heavy atom. The van der Waals surface area contributed by atoms with E-state index in [-0.39, 0.29) is 17.6 Å². The van der Waals surface area contributed by atoms with E-state index in [0.29, 0.717) is 24.6 Å². The van der Waals surface area contributed by atoms with Gasteiger partial charge in [-0.15, -0.1) is 0 Å². The van der Waals surface area contributed by atoms with Crippen LogP contribution < -0.4 is 11.0 Å². The topological polar surface area (TPSA) is 107 Å². The molecular weight excluding hydrogens is 344 g/mol. The number of amides is 1. The predicted octanol–water partition coefficient (Wildman–Crippen LogP) is 1.90. The van der Waals surface area contributed by atoms with E-state index in [0.717, 1.165) is 23.0 Å². The lowest BCUT2D eigenvalue weighted by Crippen LogP contribution is -2.30. The van der Waals surface area contributed by atoms with Gasteiger partial charge < -0.3 is 10.2 Å². The van der Waals surface area contributed by atoms with Gasteiger partial charge in [0, 0.05) is 24.5 Å². The first-order valence-corrected chi connectivity index (χ1v) is 8.87. The van der Waals surface area contributed by atoms with Crippen LogP contribution in [0, 0.1) is 0 Å². The molecule has 1 aromatic carbocycles. The predicted molar refractivity (Wildman–Crippen MR) is 103 cm³/mol. The molecular formula is C19H20N6O2. The summed E-state index contributed by atoms with van der Waals surface area (Å²) in [5.41, 5.74) is 0.206. The maximum Gasteiger partial charge on any atom is 0.340 e. The minimum Gasteiger partial charge on any atom is -0.365 e. The van der Waals surface area contributed by atoms with Crippen LogP contribution in [-0.2, 0) is 4.79 Å². The average molecular weight is 364 g/mol. The summed E-state index contributed by atoms with van der Waals surface area (Å²) in [6.45, 7) is 3.18. The summed E-state index contributed by atoms with van der Waals surface area (Å²) in [6, 6.07) is 9.91. The minimum absolute atomic E-state index is 0.0301. The molecule has 0 spiro atoms. The Kier molecular flexibility index (Phi) is 4.45. The van der Waals surface area contributed by atoms with E-state index in [1.54, 1.807) is 12.2 Å². The van der Waals surface area contributed by atoms with Crippen molar-refractivity contribution in [2.24, 2.45) is 0 Å². The number of pyridine rings is 1. The first-order valence-electron chi connectivity index (χ1n) is 8.87. The smallest absolute Gasteiger partial charge is 0.340 e. The quantitative estimate of drug-likeness (QED) is 0.613. The fourth-order valence-electron chi connectivity index (χ4n) is 3.34. The van der Waals surface area contributed by atoms with E-state index in [1.165, 1.54) is 0 Å². The number of nitrogens with one attached hydrogen (secondary N) is 3. The maximum absolute atomic E-state index is 12.0. The van der Waals surface area contributed by atoms with E-state index in [2.05, 4.69) is 25.5 Å². The highest BCUT2D eigenvalue weighted by Crippen LogP contribution is 2.27. The number of carbonyl (C=O) groups excluding carboxylic acids is 1. The molecule has 1 aliphatic heterocycles. The molecule has 1 atom stereocenters. The third-order valence-electron chi connectivity index (χ3n) is 4.63. The van der Waals surface area contributed by atoms with Crippen LogP contribution in [0.5, 0.6) is 0 Å². The van der Waals surface area contributed by atoms with Gasteiger partial charge in [0.25, 0.3) is 0 Å². The number of aromatic nitrogens is 4. The summed E-state index contributed by atoms with van der Waals surface area (Å²) in [5, 5.41) is 11.8. The van der Waals surface area contributed by atoms with Gasteiger partial charge in [-0.1, -0.05) is 30.3 Å². The van der Waals surface area contributed by atoms with Crippen molar-refractivity contribution >= 4 is 22.5 Å². The number of fused-ring (bicyclic) bond motifs is 1. The Morgan fingerprint density at radius 2 is 2.22 bits per heavy atom. The van der Waals surface area contributed by atoms with E-state index < -0.39 is 0 Å². The van der Waals surface area contributed by atoms with Crippen molar-refractivity contribution in [1.29, 1.82) is 0 Å². The molecule has 2 aromatic heterocycles. The summed E-state index contributed by atoms with van der Waals surface area (Å²) in [5.74, 6) is 1.14. The van der Waals surface area contributed by atoms with Gasteiger partial charge in [0.1, 0.15) is 11.5 Å². The van der Waals surface area contributed by atoms with Crippen molar-refractivity contribution in [1.82, 2.24) is 25.1 Å². The van der Waals surface area contributed by atoms with Gasteiger partial charge in [0.05, 0.1) is 0 Å². The summed E-state index contributed by atoms with van der Waals surface area (Å²) >= 11 is 0. The summed E-state index contributed by atoms with van der Waals surface area (Å²) in [6.07, 6.45) is 4.19. The fourth-order valence-corrected chi connectivity index (χ4v) is 3.34. The van der Waals surface area contributed by atoms with Gasteiger partial charge in [-0.25, -0.2) is 14.9 Å². The van der Waals surface area contributed by atoms with Crippen LogP contribution in [-0.4, -0.2) is 50.1 Å². The highest BCUT2D eigenvalue weighted by molar-refractivity contribution is 5.94. The molecule has 3 heterocycles. The number of carbonyl (C=O) groups is 1. The molecule has 4 rings (SSSR count). The number of rotatable bonds is 4. The Labute approximate surface area is 155 Å². The molecule has 3 aromatic rings. The Morgan fingerprint density at radius 1 is 1.37 bits per heavy atom. The SMILES string of the molecule is C/C=C/C(=O)N1CCC(Nc2nc(-c3n[nH]c(=O)[nH]3)cc3ccccc23)C1. The summed E-state index contributed by atoms with van der Waals surface area (Å²) in [4.78, 5) is 32.6. The number of aromatic amines is 2. The first-order chi connectivity index (χ1) is 13.1. The Balaban J connectivity index is 1.65. The van der Waals surface area contributed by atoms with Crippen molar-refractivity contribution in [3.63, 3.8) is 0 Å². The van der Waals surface area contributed by atoms with Crippen molar-refractivity contribution in [3.8, 4) is 11.5 Å².